The Labute approximate surface area is 123 Å². The quantitative estimate of drug-likeness (QED) is 0.549. The van der Waals surface area contributed by atoms with Gasteiger partial charge in [0.05, 0.1) is 0 Å². The zero-order chi connectivity index (χ0) is 16.0. The van der Waals surface area contributed by atoms with Gasteiger partial charge < -0.3 is 0 Å². The fourth-order valence-corrected chi connectivity index (χ4v) is 2.31. The molecule has 0 unspecified atom stereocenters. The fourth-order valence-electron chi connectivity index (χ4n) is 2.31. The minimum Gasteiger partial charge on any atom is -0.298 e. The van der Waals surface area contributed by atoms with E-state index in [0.29, 0.717) is 29.7 Å². The number of allylic oxidation sites excluding steroid dienone is 2. The van der Waals surface area contributed by atoms with Crippen molar-refractivity contribution in [3.8, 4) is 0 Å². The maximum absolute atomic E-state index is 12.7. The van der Waals surface area contributed by atoms with Crippen molar-refractivity contribution in [2.24, 2.45) is 0 Å². The first-order valence-electron chi connectivity index (χ1n) is 7.07. The lowest BCUT2D eigenvalue weighted by Crippen LogP contribution is -2.10. The molecule has 0 saturated heterocycles. The zero-order valence-electron chi connectivity index (χ0n) is 12.5. The van der Waals surface area contributed by atoms with Crippen molar-refractivity contribution in [3.63, 3.8) is 0 Å². The molecule has 0 amide bonds. The molecule has 0 fully saturated rings. The lowest BCUT2D eigenvalue weighted by molar-refractivity contribution is -0.141. The summed E-state index contributed by atoms with van der Waals surface area (Å²) in [7, 11) is 0. The van der Waals surface area contributed by atoms with Crippen LogP contribution in [-0.2, 0) is 11.0 Å². The molecule has 0 bridgehead atoms. The Morgan fingerprint density at radius 2 is 1.81 bits per heavy atom. The molecule has 0 aliphatic rings. The number of carbonyl (C=O) groups excluding carboxylic acids is 1. The van der Waals surface area contributed by atoms with E-state index >= 15 is 0 Å². The van der Waals surface area contributed by atoms with Gasteiger partial charge in [0.15, 0.2) is 0 Å². The van der Waals surface area contributed by atoms with Gasteiger partial charge >= 0.3 is 6.18 Å². The van der Waals surface area contributed by atoms with E-state index in [-0.39, 0.29) is 0 Å². The van der Waals surface area contributed by atoms with Gasteiger partial charge in [-0.2, -0.15) is 13.2 Å². The first-order chi connectivity index (χ1) is 9.85. The van der Waals surface area contributed by atoms with E-state index in [4.69, 9.17) is 0 Å². The fraction of sp³-hybridized carbons (Fsp3) is 0.500. The number of pyridine rings is 1. The Kier molecular flexibility index (Phi) is 6.12. The molecule has 0 aromatic carbocycles. The Morgan fingerprint density at radius 1 is 1.19 bits per heavy atom. The average Bonchev–Trinajstić information content (AvgIpc) is 2.42. The predicted octanol–water partition coefficient (Wildman–Crippen LogP) is 4.96. The Morgan fingerprint density at radius 3 is 2.24 bits per heavy atom. The van der Waals surface area contributed by atoms with E-state index < -0.39 is 11.9 Å². The second kappa shape index (κ2) is 7.38. The van der Waals surface area contributed by atoms with Crippen LogP contribution < -0.4 is 0 Å². The van der Waals surface area contributed by atoms with Gasteiger partial charge in [-0.3, -0.25) is 4.79 Å². The highest BCUT2D eigenvalue weighted by Gasteiger charge is 2.32. The van der Waals surface area contributed by atoms with E-state index in [0.717, 1.165) is 30.8 Å². The largest absolute Gasteiger partial charge is 0.433 e. The molecule has 0 aliphatic heterocycles. The number of aromatic nitrogens is 1. The topological polar surface area (TPSA) is 30.0 Å². The highest BCUT2D eigenvalue weighted by molar-refractivity contribution is 5.88. The van der Waals surface area contributed by atoms with Crippen LogP contribution in [-0.4, -0.2) is 11.3 Å². The summed E-state index contributed by atoms with van der Waals surface area (Å²) in [4.78, 5) is 14.9. The summed E-state index contributed by atoms with van der Waals surface area (Å²) < 4.78 is 38.0. The van der Waals surface area contributed by atoms with Crippen molar-refractivity contribution in [1.82, 2.24) is 4.98 Å². The van der Waals surface area contributed by atoms with Crippen LogP contribution in [0.15, 0.2) is 17.7 Å². The van der Waals surface area contributed by atoms with Gasteiger partial charge in [0.1, 0.15) is 12.0 Å². The predicted molar refractivity (Wildman–Crippen MR) is 76.8 cm³/mol. The SMILES string of the molecule is CCC/C(C=O)=C(\CCC)c1ccc(C(F)(F)F)nc1C. The van der Waals surface area contributed by atoms with Gasteiger partial charge in [0.2, 0.25) is 0 Å². The van der Waals surface area contributed by atoms with Crippen LogP contribution in [0.25, 0.3) is 5.57 Å². The number of aryl methyl sites for hydroxylation is 1. The number of nitrogens with zero attached hydrogens (tertiary/aromatic N) is 1. The molecule has 1 heterocycles. The number of hydrogen-bond donors (Lipinski definition) is 0. The molecule has 0 aliphatic carbocycles. The summed E-state index contributed by atoms with van der Waals surface area (Å²) in [6.07, 6.45) is -0.729. The third-order valence-electron chi connectivity index (χ3n) is 3.25. The summed E-state index contributed by atoms with van der Waals surface area (Å²) >= 11 is 0. The first-order valence-corrected chi connectivity index (χ1v) is 7.07. The molecule has 2 nitrogen and oxygen atoms in total. The molecule has 0 saturated carbocycles. The van der Waals surface area contributed by atoms with Crippen LogP contribution in [0, 0.1) is 6.92 Å². The number of halogens is 3. The van der Waals surface area contributed by atoms with Crippen molar-refractivity contribution >= 4 is 11.9 Å². The number of hydrogen-bond acceptors (Lipinski definition) is 2. The number of alkyl halides is 3. The van der Waals surface area contributed by atoms with Crippen LogP contribution >= 0.6 is 0 Å². The van der Waals surface area contributed by atoms with Crippen LogP contribution in [0.5, 0.6) is 0 Å². The number of carbonyl (C=O) groups is 1. The van der Waals surface area contributed by atoms with E-state index in [9.17, 15) is 18.0 Å². The smallest absolute Gasteiger partial charge is 0.298 e. The second-order valence-electron chi connectivity index (χ2n) is 4.95. The van der Waals surface area contributed by atoms with Gasteiger partial charge in [-0.25, -0.2) is 4.98 Å². The molecule has 5 heteroatoms. The van der Waals surface area contributed by atoms with Crippen molar-refractivity contribution in [2.45, 2.75) is 52.6 Å². The minimum atomic E-state index is -4.45. The van der Waals surface area contributed by atoms with Crippen molar-refractivity contribution < 1.29 is 18.0 Å². The second-order valence-corrected chi connectivity index (χ2v) is 4.95. The monoisotopic (exact) mass is 299 g/mol. The number of rotatable bonds is 6. The lowest BCUT2D eigenvalue weighted by Gasteiger charge is -2.15. The van der Waals surface area contributed by atoms with Crippen LogP contribution in [0.3, 0.4) is 0 Å². The average molecular weight is 299 g/mol. The third-order valence-corrected chi connectivity index (χ3v) is 3.25. The molecule has 1 aromatic heterocycles. The standard InChI is InChI=1S/C16H20F3NO/c1-4-6-12(10-21)14(7-5-2)13-8-9-15(16(17,18)19)20-11(13)3/h8-10H,4-7H2,1-3H3/b14-12-. The molecule has 1 aromatic rings. The van der Waals surface area contributed by atoms with Gasteiger partial charge in [-0.1, -0.05) is 32.8 Å². The molecule has 21 heavy (non-hydrogen) atoms. The normalized spacial score (nSPS) is 13.0. The summed E-state index contributed by atoms with van der Waals surface area (Å²) in [6.45, 7) is 5.49. The first kappa shape index (κ1) is 17.4. The van der Waals surface area contributed by atoms with Gasteiger partial charge in [-0.15, -0.1) is 0 Å². The maximum Gasteiger partial charge on any atom is 0.433 e. The van der Waals surface area contributed by atoms with Gasteiger partial charge in [0.25, 0.3) is 0 Å². The molecule has 0 radical (unpaired) electrons. The number of aldehydes is 1. The Balaban J connectivity index is 3.36. The molecular weight excluding hydrogens is 279 g/mol. The molecule has 116 valence electrons. The van der Waals surface area contributed by atoms with Gasteiger partial charge in [-0.05, 0) is 42.5 Å². The maximum atomic E-state index is 12.7. The van der Waals surface area contributed by atoms with E-state index in [1.165, 1.54) is 6.07 Å². The van der Waals surface area contributed by atoms with Crippen LogP contribution in [0.2, 0.25) is 0 Å². The minimum absolute atomic E-state index is 0.309. The summed E-state index contributed by atoms with van der Waals surface area (Å²) in [5.74, 6) is 0. The molecule has 0 N–H and O–H groups in total. The third kappa shape index (κ3) is 4.41. The Bertz CT molecular complexity index is 533. The molecule has 0 spiro atoms. The van der Waals surface area contributed by atoms with Crippen molar-refractivity contribution in [2.75, 3.05) is 0 Å². The summed E-state index contributed by atoms with van der Waals surface area (Å²) in [6, 6.07) is 2.40. The molecular formula is C16H20F3NO. The highest BCUT2D eigenvalue weighted by atomic mass is 19.4. The van der Waals surface area contributed by atoms with E-state index in [2.05, 4.69) is 4.98 Å². The molecule has 0 atom stereocenters. The van der Waals surface area contributed by atoms with Crippen LogP contribution in [0.1, 0.15) is 56.5 Å². The zero-order valence-corrected chi connectivity index (χ0v) is 12.5. The summed E-state index contributed by atoms with van der Waals surface area (Å²) in [5.41, 5.74) is 1.52. The van der Waals surface area contributed by atoms with Gasteiger partial charge in [0, 0.05) is 5.69 Å². The summed E-state index contributed by atoms with van der Waals surface area (Å²) in [5, 5.41) is 0. The molecule has 1 rings (SSSR count). The highest BCUT2D eigenvalue weighted by Crippen LogP contribution is 2.32. The lowest BCUT2D eigenvalue weighted by atomic mass is 9.93. The van der Waals surface area contributed by atoms with E-state index in [1.807, 2.05) is 13.8 Å². The van der Waals surface area contributed by atoms with Crippen LogP contribution in [0.4, 0.5) is 13.2 Å². The van der Waals surface area contributed by atoms with E-state index in [1.54, 1.807) is 6.92 Å². The van der Waals surface area contributed by atoms with Crippen molar-refractivity contribution in [3.05, 3.63) is 34.7 Å². The van der Waals surface area contributed by atoms with Crippen molar-refractivity contribution in [1.29, 1.82) is 0 Å². The Hall–Kier alpha value is -1.65.